The van der Waals surface area contributed by atoms with Gasteiger partial charge >= 0.3 is 0 Å². The van der Waals surface area contributed by atoms with Gasteiger partial charge in [0.2, 0.25) is 0 Å². The van der Waals surface area contributed by atoms with E-state index in [9.17, 15) is 4.79 Å². The standard InChI is InChI=1S/C15H18N2O/c1-2-17-14-9-4-3-8-12(14)13(16-17)10-15(18)11-6-5-7-11/h3-4,8-9,11H,2,5-7,10H2,1H3. The van der Waals surface area contributed by atoms with Gasteiger partial charge in [-0.1, -0.05) is 24.6 Å². The molecule has 0 N–H and O–H groups in total. The molecule has 2 aromatic rings. The molecule has 0 aliphatic heterocycles. The largest absolute Gasteiger partial charge is 0.299 e. The molecule has 1 aliphatic rings. The van der Waals surface area contributed by atoms with Crippen LogP contribution in [0.2, 0.25) is 0 Å². The summed E-state index contributed by atoms with van der Waals surface area (Å²) in [5.41, 5.74) is 2.08. The number of hydrogen-bond acceptors (Lipinski definition) is 2. The number of ketones is 1. The molecule has 1 heterocycles. The number of para-hydroxylation sites is 1. The van der Waals surface area contributed by atoms with Crippen LogP contribution in [0.4, 0.5) is 0 Å². The fourth-order valence-electron chi connectivity index (χ4n) is 2.61. The smallest absolute Gasteiger partial charge is 0.142 e. The van der Waals surface area contributed by atoms with E-state index >= 15 is 0 Å². The molecule has 3 nitrogen and oxygen atoms in total. The number of nitrogens with zero attached hydrogens (tertiary/aromatic N) is 2. The molecule has 94 valence electrons. The van der Waals surface area contributed by atoms with Gasteiger partial charge < -0.3 is 0 Å². The Kier molecular flexibility index (Phi) is 2.90. The maximum absolute atomic E-state index is 12.1. The normalized spacial score (nSPS) is 15.8. The van der Waals surface area contributed by atoms with Crippen LogP contribution in [-0.4, -0.2) is 15.6 Å². The lowest BCUT2D eigenvalue weighted by molar-refractivity contribution is -0.124. The molecular formula is C15H18N2O. The molecular weight excluding hydrogens is 224 g/mol. The number of aromatic nitrogens is 2. The Bertz CT molecular complexity index is 581. The van der Waals surface area contributed by atoms with Crippen molar-refractivity contribution in [3.05, 3.63) is 30.0 Å². The number of rotatable bonds is 4. The van der Waals surface area contributed by atoms with Crippen molar-refractivity contribution < 1.29 is 4.79 Å². The minimum absolute atomic E-state index is 0.301. The van der Waals surface area contributed by atoms with E-state index in [1.807, 2.05) is 16.8 Å². The number of carbonyl (C=O) groups is 1. The zero-order chi connectivity index (χ0) is 12.5. The summed E-state index contributed by atoms with van der Waals surface area (Å²) in [6, 6.07) is 8.18. The quantitative estimate of drug-likeness (QED) is 0.826. The maximum Gasteiger partial charge on any atom is 0.142 e. The summed E-state index contributed by atoms with van der Waals surface area (Å²) in [5, 5.41) is 5.72. The molecule has 0 spiro atoms. The van der Waals surface area contributed by atoms with Gasteiger partial charge in [-0.15, -0.1) is 0 Å². The Morgan fingerprint density at radius 3 is 2.83 bits per heavy atom. The molecule has 1 aromatic carbocycles. The van der Waals surface area contributed by atoms with Gasteiger partial charge in [0.1, 0.15) is 5.78 Å². The van der Waals surface area contributed by atoms with Crippen LogP contribution in [0.15, 0.2) is 24.3 Å². The Balaban J connectivity index is 1.93. The topological polar surface area (TPSA) is 34.9 Å². The summed E-state index contributed by atoms with van der Waals surface area (Å²) in [7, 11) is 0. The van der Waals surface area contributed by atoms with Crippen molar-refractivity contribution in [2.24, 2.45) is 5.92 Å². The van der Waals surface area contributed by atoms with Gasteiger partial charge in [0.15, 0.2) is 0 Å². The summed E-state index contributed by atoms with van der Waals surface area (Å²) in [6.45, 7) is 2.93. The second-order valence-electron chi connectivity index (χ2n) is 5.05. The number of carbonyl (C=O) groups excluding carboxylic acids is 1. The lowest BCUT2D eigenvalue weighted by atomic mass is 9.81. The number of benzene rings is 1. The zero-order valence-electron chi connectivity index (χ0n) is 10.7. The summed E-state index contributed by atoms with van der Waals surface area (Å²) in [4.78, 5) is 12.1. The molecule has 3 heteroatoms. The van der Waals surface area contributed by atoms with E-state index in [0.717, 1.165) is 36.0 Å². The molecule has 1 fully saturated rings. The highest BCUT2D eigenvalue weighted by atomic mass is 16.1. The van der Waals surface area contributed by atoms with E-state index in [0.29, 0.717) is 18.1 Å². The molecule has 3 rings (SSSR count). The Hall–Kier alpha value is -1.64. The summed E-state index contributed by atoms with van der Waals surface area (Å²) < 4.78 is 1.98. The van der Waals surface area contributed by atoms with E-state index < -0.39 is 0 Å². The predicted molar refractivity (Wildman–Crippen MR) is 71.5 cm³/mol. The van der Waals surface area contributed by atoms with E-state index in [-0.39, 0.29) is 0 Å². The van der Waals surface area contributed by atoms with Crippen LogP contribution >= 0.6 is 0 Å². The average Bonchev–Trinajstić information content (AvgIpc) is 2.66. The van der Waals surface area contributed by atoms with Crippen LogP contribution in [0.1, 0.15) is 31.9 Å². The van der Waals surface area contributed by atoms with Crippen molar-refractivity contribution in [2.75, 3.05) is 0 Å². The van der Waals surface area contributed by atoms with E-state index in [4.69, 9.17) is 0 Å². The van der Waals surface area contributed by atoms with E-state index in [1.54, 1.807) is 0 Å². The number of aryl methyl sites for hydroxylation is 1. The molecule has 0 unspecified atom stereocenters. The second-order valence-corrected chi connectivity index (χ2v) is 5.05. The first-order valence-corrected chi connectivity index (χ1v) is 6.76. The summed E-state index contributed by atoms with van der Waals surface area (Å²) >= 11 is 0. The maximum atomic E-state index is 12.1. The predicted octanol–water partition coefficient (Wildman–Crippen LogP) is 2.97. The highest BCUT2D eigenvalue weighted by Gasteiger charge is 2.26. The van der Waals surface area contributed by atoms with Gasteiger partial charge in [-0.25, -0.2) is 0 Å². The highest BCUT2D eigenvalue weighted by molar-refractivity contribution is 5.89. The van der Waals surface area contributed by atoms with Crippen LogP contribution in [0.3, 0.4) is 0 Å². The average molecular weight is 242 g/mol. The molecule has 1 aromatic heterocycles. The first-order chi connectivity index (χ1) is 8.79. The fraction of sp³-hybridized carbons (Fsp3) is 0.467. The minimum Gasteiger partial charge on any atom is -0.299 e. The lowest BCUT2D eigenvalue weighted by Gasteiger charge is -2.23. The van der Waals surface area contributed by atoms with Crippen molar-refractivity contribution >= 4 is 16.7 Å². The Labute approximate surface area is 107 Å². The molecule has 0 radical (unpaired) electrons. The first-order valence-electron chi connectivity index (χ1n) is 6.76. The molecule has 0 atom stereocenters. The summed E-state index contributed by atoms with van der Waals surface area (Å²) in [6.07, 6.45) is 3.86. The Morgan fingerprint density at radius 1 is 1.39 bits per heavy atom. The molecule has 0 saturated heterocycles. The molecule has 18 heavy (non-hydrogen) atoms. The van der Waals surface area contributed by atoms with Crippen LogP contribution in [0.5, 0.6) is 0 Å². The van der Waals surface area contributed by atoms with Gasteiger partial charge in [0, 0.05) is 17.8 Å². The van der Waals surface area contributed by atoms with Gasteiger partial charge in [-0.2, -0.15) is 5.10 Å². The number of hydrogen-bond donors (Lipinski definition) is 0. The molecule has 0 amide bonds. The fourth-order valence-corrected chi connectivity index (χ4v) is 2.61. The SMILES string of the molecule is CCn1nc(CC(=O)C2CCC2)c2ccccc21. The molecule has 1 saturated carbocycles. The van der Waals surface area contributed by atoms with Crippen molar-refractivity contribution in [3.63, 3.8) is 0 Å². The third-order valence-electron chi connectivity index (χ3n) is 3.94. The van der Waals surface area contributed by atoms with E-state index in [1.165, 1.54) is 6.42 Å². The lowest BCUT2D eigenvalue weighted by Crippen LogP contribution is -2.23. The third kappa shape index (κ3) is 1.84. The highest BCUT2D eigenvalue weighted by Crippen LogP contribution is 2.29. The van der Waals surface area contributed by atoms with Crippen molar-refractivity contribution in [1.29, 1.82) is 0 Å². The van der Waals surface area contributed by atoms with Gasteiger partial charge in [0.25, 0.3) is 0 Å². The van der Waals surface area contributed by atoms with Gasteiger partial charge in [0.05, 0.1) is 17.6 Å². The van der Waals surface area contributed by atoms with Gasteiger partial charge in [-0.05, 0) is 25.8 Å². The third-order valence-corrected chi connectivity index (χ3v) is 3.94. The number of Topliss-reactive ketones (excluding diaryl/α,β-unsaturated/α-hetero) is 1. The van der Waals surface area contributed by atoms with Crippen molar-refractivity contribution in [3.8, 4) is 0 Å². The Morgan fingerprint density at radius 2 is 2.17 bits per heavy atom. The molecule has 0 bridgehead atoms. The van der Waals surface area contributed by atoms with Crippen LogP contribution < -0.4 is 0 Å². The van der Waals surface area contributed by atoms with Crippen molar-refractivity contribution in [2.45, 2.75) is 39.2 Å². The zero-order valence-corrected chi connectivity index (χ0v) is 10.7. The van der Waals surface area contributed by atoms with Crippen LogP contribution in [0, 0.1) is 5.92 Å². The van der Waals surface area contributed by atoms with Gasteiger partial charge in [-0.3, -0.25) is 9.48 Å². The molecule has 1 aliphatic carbocycles. The summed E-state index contributed by atoms with van der Waals surface area (Å²) in [5.74, 6) is 0.670. The van der Waals surface area contributed by atoms with Crippen LogP contribution in [0.25, 0.3) is 10.9 Å². The van der Waals surface area contributed by atoms with Crippen LogP contribution in [-0.2, 0) is 17.8 Å². The first kappa shape index (κ1) is 11.5. The number of fused-ring (bicyclic) bond motifs is 1. The van der Waals surface area contributed by atoms with Crippen molar-refractivity contribution in [1.82, 2.24) is 9.78 Å². The second kappa shape index (κ2) is 4.56. The monoisotopic (exact) mass is 242 g/mol. The van der Waals surface area contributed by atoms with E-state index in [2.05, 4.69) is 24.2 Å². The minimum atomic E-state index is 0.301.